The molecule has 1 saturated heterocycles. The summed E-state index contributed by atoms with van der Waals surface area (Å²) in [6, 6.07) is 14.8. The molecule has 0 bridgehead atoms. The summed E-state index contributed by atoms with van der Waals surface area (Å²) in [5.74, 6) is -0.996. The lowest BCUT2D eigenvalue weighted by Gasteiger charge is -2.37. The number of anilines is 3. The minimum Gasteiger partial charge on any atom is -0.369 e. The molecule has 1 atom stereocenters. The summed E-state index contributed by atoms with van der Waals surface area (Å²) >= 11 is 0. The summed E-state index contributed by atoms with van der Waals surface area (Å²) < 4.78 is 32.6. The Balaban J connectivity index is 0.870. The molecule has 53 heavy (non-hydrogen) atoms. The van der Waals surface area contributed by atoms with Gasteiger partial charge in [-0.2, -0.15) is 5.10 Å². The molecule has 1 aliphatic heterocycles. The zero-order valence-corrected chi connectivity index (χ0v) is 30.5. The molecule has 0 spiro atoms. The summed E-state index contributed by atoms with van der Waals surface area (Å²) in [5.41, 5.74) is 5.73. The number of aromatic nitrogens is 4. The van der Waals surface area contributed by atoms with Crippen molar-refractivity contribution < 1.29 is 18.4 Å². The predicted molar refractivity (Wildman–Crippen MR) is 203 cm³/mol. The van der Waals surface area contributed by atoms with Crippen LogP contribution < -0.4 is 15.5 Å². The lowest BCUT2D eigenvalue weighted by Crippen LogP contribution is -2.47. The summed E-state index contributed by atoms with van der Waals surface area (Å²) in [5, 5.41) is 10.5. The Kier molecular flexibility index (Phi) is 11.1. The van der Waals surface area contributed by atoms with E-state index in [2.05, 4.69) is 48.4 Å². The zero-order valence-electron chi connectivity index (χ0n) is 30.5. The Hall–Kier alpha value is -5.10. The molecule has 3 aromatic heterocycles. The van der Waals surface area contributed by atoms with Crippen molar-refractivity contribution in [3.63, 3.8) is 0 Å². The summed E-state index contributed by atoms with van der Waals surface area (Å²) in [7, 11) is 0. The highest BCUT2D eigenvalue weighted by atomic mass is 19.1. The van der Waals surface area contributed by atoms with Crippen molar-refractivity contribution in [2.75, 3.05) is 42.9 Å². The number of nitrogens with zero attached hydrogens (tertiary/aromatic N) is 6. The van der Waals surface area contributed by atoms with Crippen molar-refractivity contribution in [2.45, 2.75) is 70.8 Å². The van der Waals surface area contributed by atoms with E-state index in [0.717, 1.165) is 80.9 Å². The van der Waals surface area contributed by atoms with Crippen molar-refractivity contribution in [3.8, 4) is 11.3 Å². The SMILES string of the molecule is CCCC(C(=O)NC=O)c1ccc(N2CCN(CCC3CCC(n4cc(Nc5ccc(-c6cc(C)c(F)cc6F)n6ccnc56)cn4)CC3)CC2)cc1. The Morgan fingerprint density at radius 3 is 2.51 bits per heavy atom. The van der Waals surface area contributed by atoms with Crippen LogP contribution in [-0.2, 0) is 9.59 Å². The average Bonchev–Trinajstić information content (AvgIpc) is 3.87. The van der Waals surface area contributed by atoms with Gasteiger partial charge in [0.2, 0.25) is 12.3 Å². The van der Waals surface area contributed by atoms with Gasteiger partial charge in [0.25, 0.3) is 0 Å². The number of nitrogens with one attached hydrogen (secondary N) is 2. The molecule has 1 aliphatic carbocycles. The minimum absolute atomic E-state index is 0.239. The van der Waals surface area contributed by atoms with E-state index in [1.807, 2.05) is 41.8 Å². The van der Waals surface area contributed by atoms with Gasteiger partial charge >= 0.3 is 0 Å². The molecule has 4 heterocycles. The minimum atomic E-state index is -0.610. The predicted octanol–water partition coefficient (Wildman–Crippen LogP) is 7.63. The third-order valence-electron chi connectivity index (χ3n) is 11.1. The lowest BCUT2D eigenvalue weighted by molar-refractivity contribution is -0.126. The van der Waals surface area contributed by atoms with Gasteiger partial charge in [0.05, 0.1) is 35.2 Å². The first kappa shape index (κ1) is 36.3. The van der Waals surface area contributed by atoms with E-state index < -0.39 is 11.6 Å². The molecule has 2 aliphatic rings. The Morgan fingerprint density at radius 2 is 1.77 bits per heavy atom. The number of carbonyl (C=O) groups is 2. The van der Waals surface area contributed by atoms with Crippen LogP contribution in [0.25, 0.3) is 16.9 Å². The van der Waals surface area contributed by atoms with Crippen molar-refractivity contribution in [2.24, 2.45) is 5.92 Å². The van der Waals surface area contributed by atoms with Crippen molar-refractivity contribution >= 4 is 35.0 Å². The molecule has 2 aromatic carbocycles. The van der Waals surface area contributed by atoms with E-state index in [-0.39, 0.29) is 11.8 Å². The Labute approximate surface area is 309 Å². The first-order chi connectivity index (χ1) is 25.8. The smallest absolute Gasteiger partial charge is 0.233 e. The second-order valence-corrected chi connectivity index (χ2v) is 14.5. The lowest BCUT2D eigenvalue weighted by atomic mass is 9.84. The number of hydrogen-bond acceptors (Lipinski definition) is 7. The highest BCUT2D eigenvalue weighted by Crippen LogP contribution is 2.35. The number of amides is 2. The number of imide groups is 1. The first-order valence-electron chi connectivity index (χ1n) is 18.9. The molecule has 0 radical (unpaired) electrons. The van der Waals surface area contributed by atoms with E-state index in [9.17, 15) is 18.4 Å². The van der Waals surface area contributed by atoms with Crippen LogP contribution in [0.1, 0.15) is 75.0 Å². The van der Waals surface area contributed by atoms with Gasteiger partial charge in [-0.25, -0.2) is 13.8 Å². The summed E-state index contributed by atoms with van der Waals surface area (Å²) in [6.45, 7) is 8.83. The van der Waals surface area contributed by atoms with Gasteiger partial charge in [0.1, 0.15) is 11.6 Å². The normalized spacial score (nSPS) is 18.6. The second-order valence-electron chi connectivity index (χ2n) is 14.5. The maximum Gasteiger partial charge on any atom is 0.233 e. The van der Waals surface area contributed by atoms with Crippen LogP contribution in [0.2, 0.25) is 0 Å². The molecular formula is C41H48F2N8O2. The Morgan fingerprint density at radius 1 is 1.00 bits per heavy atom. The van der Waals surface area contributed by atoms with Crippen LogP contribution in [0.3, 0.4) is 0 Å². The van der Waals surface area contributed by atoms with Crippen LogP contribution in [0, 0.1) is 24.5 Å². The maximum atomic E-state index is 14.8. The van der Waals surface area contributed by atoms with Gasteiger partial charge < -0.3 is 10.2 Å². The Bertz CT molecular complexity index is 2030. The largest absolute Gasteiger partial charge is 0.369 e. The number of rotatable bonds is 13. The molecule has 5 aromatic rings. The molecule has 7 rings (SSSR count). The fourth-order valence-corrected chi connectivity index (χ4v) is 8.05. The summed E-state index contributed by atoms with van der Waals surface area (Å²) in [4.78, 5) is 32.7. The molecule has 1 unspecified atom stereocenters. The number of carbonyl (C=O) groups excluding carboxylic acids is 2. The van der Waals surface area contributed by atoms with Gasteiger partial charge in [0, 0.05) is 62.1 Å². The maximum absolute atomic E-state index is 14.8. The van der Waals surface area contributed by atoms with Gasteiger partial charge in [-0.1, -0.05) is 25.5 Å². The molecule has 12 heteroatoms. The number of benzene rings is 2. The number of imidazole rings is 1. The van der Waals surface area contributed by atoms with Crippen LogP contribution in [-0.4, -0.2) is 69.1 Å². The molecule has 10 nitrogen and oxygen atoms in total. The average molecular weight is 723 g/mol. The highest BCUT2D eigenvalue weighted by molar-refractivity contribution is 5.91. The van der Waals surface area contributed by atoms with E-state index in [1.54, 1.807) is 19.3 Å². The molecule has 2 N–H and O–H groups in total. The molecule has 2 amide bonds. The molecule has 1 saturated carbocycles. The number of piperazine rings is 1. The van der Waals surface area contributed by atoms with Crippen LogP contribution in [0.4, 0.5) is 25.8 Å². The monoisotopic (exact) mass is 722 g/mol. The first-order valence-corrected chi connectivity index (χ1v) is 18.9. The number of pyridine rings is 1. The standard InChI is InChI=1S/C41H48F2N8O2/c1-3-4-34(41(53)45-27-52)30-7-11-32(12-8-30)49-21-19-48(20-22-49)17-15-29-5-9-33(10-6-29)51-26-31(25-46-51)47-38-13-14-39(50-18-16-44-40(38)50)35-23-28(2)36(42)24-37(35)43/h7-8,11-14,16,18,23-27,29,33-34,47H,3-6,9-10,15,17,19-22H2,1-2H3,(H,45,52,53). The van der Waals surface area contributed by atoms with E-state index in [4.69, 9.17) is 5.10 Å². The third-order valence-corrected chi connectivity index (χ3v) is 11.1. The topological polar surface area (TPSA) is 99.8 Å². The van der Waals surface area contributed by atoms with Gasteiger partial charge in [0.15, 0.2) is 5.65 Å². The fraction of sp³-hybridized carbons (Fsp3) is 0.415. The van der Waals surface area contributed by atoms with Gasteiger partial charge in [-0.05, 0) is 99.4 Å². The molecule has 278 valence electrons. The van der Waals surface area contributed by atoms with Crippen molar-refractivity contribution in [3.05, 3.63) is 96.1 Å². The number of halogens is 2. The molecular weight excluding hydrogens is 675 g/mol. The third kappa shape index (κ3) is 8.12. The highest BCUT2D eigenvalue weighted by Gasteiger charge is 2.25. The molecule has 2 fully saturated rings. The number of fused-ring (bicyclic) bond motifs is 1. The fourth-order valence-electron chi connectivity index (χ4n) is 8.05. The van der Waals surface area contributed by atoms with Crippen molar-refractivity contribution in [1.82, 2.24) is 29.4 Å². The van der Waals surface area contributed by atoms with Gasteiger partial charge in [-0.15, -0.1) is 0 Å². The zero-order chi connectivity index (χ0) is 36.9. The quantitative estimate of drug-likeness (QED) is 0.121. The summed E-state index contributed by atoms with van der Waals surface area (Å²) in [6.07, 6.45) is 15.2. The van der Waals surface area contributed by atoms with Crippen LogP contribution in [0.15, 0.2) is 73.3 Å². The van der Waals surface area contributed by atoms with Gasteiger partial charge in [-0.3, -0.25) is 28.9 Å². The second kappa shape index (κ2) is 16.3. The number of hydrogen-bond donors (Lipinski definition) is 2. The van der Waals surface area contributed by atoms with E-state index in [0.29, 0.717) is 41.3 Å². The van der Waals surface area contributed by atoms with E-state index >= 15 is 0 Å². The number of aryl methyl sites for hydroxylation is 1. The van der Waals surface area contributed by atoms with E-state index in [1.165, 1.54) is 31.0 Å². The van der Waals surface area contributed by atoms with Crippen LogP contribution >= 0.6 is 0 Å². The van der Waals surface area contributed by atoms with Crippen molar-refractivity contribution in [1.29, 1.82) is 0 Å². The van der Waals surface area contributed by atoms with Crippen LogP contribution in [0.5, 0.6) is 0 Å².